The van der Waals surface area contributed by atoms with Gasteiger partial charge in [-0.1, -0.05) is 42.5 Å². The number of nitrogens with zero attached hydrogens (tertiary/aromatic N) is 1. The highest BCUT2D eigenvalue weighted by molar-refractivity contribution is 6.08. The first kappa shape index (κ1) is 20.5. The summed E-state index contributed by atoms with van der Waals surface area (Å²) >= 11 is 0. The predicted octanol–water partition coefficient (Wildman–Crippen LogP) is 3.73. The van der Waals surface area contributed by atoms with Crippen LogP contribution in [0.25, 0.3) is 0 Å². The van der Waals surface area contributed by atoms with Crippen LogP contribution in [0.15, 0.2) is 72.8 Å². The third kappa shape index (κ3) is 4.55. The number of halogens is 2. The van der Waals surface area contributed by atoms with Crippen molar-refractivity contribution in [3.63, 3.8) is 0 Å². The van der Waals surface area contributed by atoms with Gasteiger partial charge in [-0.05, 0) is 36.2 Å². The molecular formula is C24H20F2N2O3. The lowest BCUT2D eigenvalue weighted by Crippen LogP contribution is -2.51. The van der Waals surface area contributed by atoms with Crippen LogP contribution in [0.1, 0.15) is 15.9 Å². The van der Waals surface area contributed by atoms with Crippen LogP contribution < -0.4 is 15.0 Å². The van der Waals surface area contributed by atoms with E-state index >= 15 is 0 Å². The zero-order valence-electron chi connectivity index (χ0n) is 16.6. The summed E-state index contributed by atoms with van der Waals surface area (Å²) in [7, 11) is 0. The number of hydrogen-bond acceptors (Lipinski definition) is 3. The zero-order chi connectivity index (χ0) is 21.8. The molecule has 0 bridgehead atoms. The van der Waals surface area contributed by atoms with Gasteiger partial charge in [-0.2, -0.15) is 0 Å². The Morgan fingerprint density at radius 1 is 1.00 bits per heavy atom. The maximum absolute atomic E-state index is 14.2. The van der Waals surface area contributed by atoms with Gasteiger partial charge < -0.3 is 15.0 Å². The Hall–Kier alpha value is -3.74. The van der Waals surface area contributed by atoms with Gasteiger partial charge in [0.1, 0.15) is 17.4 Å². The molecule has 158 valence electrons. The van der Waals surface area contributed by atoms with E-state index in [1.54, 1.807) is 24.3 Å². The molecule has 1 N–H and O–H groups in total. The molecule has 1 atom stereocenters. The largest absolute Gasteiger partial charge is 0.477 e. The van der Waals surface area contributed by atoms with Crippen LogP contribution in [-0.4, -0.2) is 31.0 Å². The van der Waals surface area contributed by atoms with Gasteiger partial charge in [0.15, 0.2) is 6.10 Å². The molecule has 4 rings (SSSR count). The molecule has 3 aromatic rings. The van der Waals surface area contributed by atoms with Crippen molar-refractivity contribution < 1.29 is 23.1 Å². The number of anilines is 1. The Labute approximate surface area is 178 Å². The Morgan fingerprint density at radius 3 is 2.52 bits per heavy atom. The Balaban J connectivity index is 1.51. The SMILES string of the molecule is O=C(NCCc1ccccc1)[C@@H]1CN(C(=O)c2ccc(F)cc2F)c2ccccc2O1. The lowest BCUT2D eigenvalue weighted by Gasteiger charge is -2.34. The van der Waals surface area contributed by atoms with Gasteiger partial charge in [0.25, 0.3) is 11.8 Å². The molecule has 2 amide bonds. The van der Waals surface area contributed by atoms with Crippen LogP contribution in [0.4, 0.5) is 14.5 Å². The highest BCUT2D eigenvalue weighted by Crippen LogP contribution is 2.34. The maximum Gasteiger partial charge on any atom is 0.262 e. The second-order valence-corrected chi connectivity index (χ2v) is 7.14. The van der Waals surface area contributed by atoms with Crippen LogP contribution in [0.3, 0.4) is 0 Å². The van der Waals surface area contributed by atoms with Crippen molar-refractivity contribution in [1.29, 1.82) is 0 Å². The Kier molecular flexibility index (Phi) is 5.93. The van der Waals surface area contributed by atoms with Gasteiger partial charge in [-0.25, -0.2) is 8.78 Å². The van der Waals surface area contributed by atoms with E-state index in [4.69, 9.17) is 4.74 Å². The molecule has 3 aromatic carbocycles. The second kappa shape index (κ2) is 8.95. The van der Waals surface area contributed by atoms with E-state index < -0.39 is 23.6 Å². The normalized spacial score (nSPS) is 15.0. The van der Waals surface area contributed by atoms with Crippen LogP contribution in [-0.2, 0) is 11.2 Å². The monoisotopic (exact) mass is 422 g/mol. The minimum Gasteiger partial charge on any atom is -0.477 e. The van der Waals surface area contributed by atoms with Crippen LogP contribution >= 0.6 is 0 Å². The summed E-state index contributed by atoms with van der Waals surface area (Å²) in [6.07, 6.45) is -0.308. The molecule has 1 aliphatic rings. The predicted molar refractivity (Wildman–Crippen MR) is 112 cm³/mol. The highest BCUT2D eigenvalue weighted by Gasteiger charge is 2.34. The molecule has 1 aliphatic heterocycles. The summed E-state index contributed by atoms with van der Waals surface area (Å²) in [4.78, 5) is 27.0. The number of rotatable bonds is 5. The minimum absolute atomic E-state index is 0.0934. The number of fused-ring (bicyclic) bond motifs is 1. The minimum atomic E-state index is -0.960. The van der Waals surface area contributed by atoms with Crippen LogP contribution in [0, 0.1) is 11.6 Å². The maximum atomic E-state index is 14.2. The molecule has 31 heavy (non-hydrogen) atoms. The highest BCUT2D eigenvalue weighted by atomic mass is 19.1. The number of benzene rings is 3. The molecule has 5 nitrogen and oxygen atoms in total. The summed E-state index contributed by atoms with van der Waals surface area (Å²) in [6.45, 7) is 0.314. The molecule has 0 fully saturated rings. The standard InChI is InChI=1S/C24H20F2N2O3/c25-17-10-11-18(19(26)14-17)24(30)28-15-22(31-21-9-5-4-8-20(21)28)23(29)27-13-12-16-6-2-1-3-7-16/h1-11,14,22H,12-13,15H2,(H,27,29)/t22-/m0/s1. The van der Waals surface area contributed by atoms with Crippen molar-refractivity contribution in [3.8, 4) is 5.75 Å². The molecular weight excluding hydrogens is 402 g/mol. The van der Waals surface area contributed by atoms with Crippen LogP contribution in [0.2, 0.25) is 0 Å². The van der Waals surface area contributed by atoms with E-state index in [1.165, 1.54) is 4.90 Å². The van der Waals surface area contributed by atoms with Gasteiger partial charge in [-0.3, -0.25) is 9.59 Å². The number of hydrogen-bond donors (Lipinski definition) is 1. The van der Waals surface area contributed by atoms with E-state index in [1.807, 2.05) is 30.3 Å². The Bertz CT molecular complexity index is 1100. The van der Waals surface area contributed by atoms with E-state index in [-0.39, 0.29) is 18.0 Å². The fourth-order valence-electron chi connectivity index (χ4n) is 3.46. The molecule has 0 unspecified atom stereocenters. The number of nitrogens with one attached hydrogen (secondary N) is 1. The first-order chi connectivity index (χ1) is 15.0. The topological polar surface area (TPSA) is 58.6 Å². The van der Waals surface area contributed by atoms with Crippen molar-refractivity contribution in [2.24, 2.45) is 0 Å². The van der Waals surface area contributed by atoms with Gasteiger partial charge in [0, 0.05) is 12.6 Å². The number of carbonyl (C=O) groups is 2. The first-order valence-electron chi connectivity index (χ1n) is 9.87. The average Bonchev–Trinajstić information content (AvgIpc) is 2.78. The molecule has 0 aromatic heterocycles. The van der Waals surface area contributed by atoms with Gasteiger partial charge in [0.2, 0.25) is 0 Å². The molecule has 1 heterocycles. The summed E-state index contributed by atoms with van der Waals surface area (Å²) in [5.41, 5.74) is 1.23. The number of amides is 2. The molecule has 7 heteroatoms. The quantitative estimate of drug-likeness (QED) is 0.682. The molecule has 0 spiro atoms. The van der Waals surface area contributed by atoms with E-state index in [9.17, 15) is 18.4 Å². The fraction of sp³-hybridized carbons (Fsp3) is 0.167. The summed E-state index contributed by atoms with van der Waals surface area (Å²) in [5.74, 6) is -2.43. The number of para-hydroxylation sites is 2. The van der Waals surface area contributed by atoms with Crippen molar-refractivity contribution in [1.82, 2.24) is 5.32 Å². The molecule has 0 radical (unpaired) electrons. The third-order valence-corrected chi connectivity index (χ3v) is 5.03. The fourth-order valence-corrected chi connectivity index (χ4v) is 3.46. The van der Waals surface area contributed by atoms with E-state index in [0.717, 1.165) is 17.7 Å². The lowest BCUT2D eigenvalue weighted by molar-refractivity contribution is -0.127. The molecule has 0 aliphatic carbocycles. The van der Waals surface area contributed by atoms with E-state index in [0.29, 0.717) is 30.5 Å². The summed E-state index contributed by atoms with van der Waals surface area (Å²) < 4.78 is 33.3. The third-order valence-electron chi connectivity index (χ3n) is 5.03. The summed E-state index contributed by atoms with van der Waals surface area (Å²) in [5, 5.41) is 2.82. The van der Waals surface area contributed by atoms with Crippen molar-refractivity contribution in [3.05, 3.63) is 95.6 Å². The van der Waals surface area contributed by atoms with Crippen LogP contribution in [0.5, 0.6) is 5.75 Å². The number of carbonyl (C=O) groups excluding carboxylic acids is 2. The van der Waals surface area contributed by atoms with E-state index in [2.05, 4.69) is 5.32 Å². The van der Waals surface area contributed by atoms with Gasteiger partial charge in [0.05, 0.1) is 17.8 Å². The number of ether oxygens (including phenoxy) is 1. The average molecular weight is 422 g/mol. The van der Waals surface area contributed by atoms with Gasteiger partial charge in [-0.15, -0.1) is 0 Å². The smallest absolute Gasteiger partial charge is 0.262 e. The van der Waals surface area contributed by atoms with Gasteiger partial charge >= 0.3 is 0 Å². The Morgan fingerprint density at radius 2 is 1.74 bits per heavy atom. The lowest BCUT2D eigenvalue weighted by atomic mass is 10.1. The van der Waals surface area contributed by atoms with Crippen molar-refractivity contribution >= 4 is 17.5 Å². The zero-order valence-corrected chi connectivity index (χ0v) is 16.6. The molecule has 0 saturated carbocycles. The first-order valence-corrected chi connectivity index (χ1v) is 9.87. The van der Waals surface area contributed by atoms with Crippen molar-refractivity contribution in [2.75, 3.05) is 18.0 Å². The summed E-state index contributed by atoms with van der Waals surface area (Å²) in [6, 6.07) is 19.2. The molecule has 0 saturated heterocycles. The second-order valence-electron chi connectivity index (χ2n) is 7.14. The van der Waals surface area contributed by atoms with Crippen molar-refractivity contribution in [2.45, 2.75) is 12.5 Å².